The predicted molar refractivity (Wildman–Crippen MR) is 149 cm³/mol. The predicted octanol–water partition coefficient (Wildman–Crippen LogP) is 4.84. The number of hydrogen-bond acceptors (Lipinski definition) is 7. The molecule has 0 aliphatic rings. The molecular formula is C27H38BrN3O7. The van der Waals surface area contributed by atoms with Crippen LogP contribution in [-0.2, 0) is 16.0 Å². The number of carbonyl (C=O) groups is 2. The van der Waals surface area contributed by atoms with Crippen LogP contribution in [0.2, 0.25) is 0 Å². The molecule has 0 fully saturated rings. The number of aliphatic hydroxyl groups is 1. The van der Waals surface area contributed by atoms with E-state index in [-0.39, 0.29) is 48.1 Å². The fraction of sp³-hybridized carbons (Fsp3) is 0.481. The molecule has 0 aliphatic carbocycles. The number of primary amides is 1. The SMILES string of the molecule is CC(C)C.COc1cc(C(C)O)c([N+](=O)[O-])cc1OCCCC(=O)NC(CC(N)=O)Cc1ccc(Br)cc1. The number of hydrogen-bond donors (Lipinski definition) is 3. The normalized spacial score (nSPS) is 12.1. The van der Waals surface area contributed by atoms with Crippen molar-refractivity contribution in [2.75, 3.05) is 13.7 Å². The number of benzene rings is 2. The molecule has 2 amide bonds. The highest BCUT2D eigenvalue weighted by atomic mass is 79.9. The summed E-state index contributed by atoms with van der Waals surface area (Å²) in [6.45, 7) is 8.02. The van der Waals surface area contributed by atoms with Gasteiger partial charge in [0.05, 0.1) is 36.4 Å². The molecule has 0 radical (unpaired) electrons. The van der Waals surface area contributed by atoms with Crippen LogP contribution in [0.25, 0.3) is 0 Å². The van der Waals surface area contributed by atoms with Gasteiger partial charge < -0.3 is 25.6 Å². The fourth-order valence-corrected chi connectivity index (χ4v) is 3.63. The summed E-state index contributed by atoms with van der Waals surface area (Å²) < 4.78 is 11.8. The van der Waals surface area contributed by atoms with E-state index in [1.54, 1.807) is 0 Å². The topological polar surface area (TPSA) is 154 Å². The molecule has 0 heterocycles. The van der Waals surface area contributed by atoms with Crippen molar-refractivity contribution in [3.63, 3.8) is 0 Å². The van der Waals surface area contributed by atoms with E-state index in [1.165, 1.54) is 26.2 Å². The number of carbonyl (C=O) groups excluding carboxylic acids is 2. The van der Waals surface area contributed by atoms with Crippen LogP contribution < -0.4 is 20.5 Å². The van der Waals surface area contributed by atoms with Gasteiger partial charge in [0.25, 0.3) is 5.69 Å². The van der Waals surface area contributed by atoms with Gasteiger partial charge in [0.2, 0.25) is 11.8 Å². The summed E-state index contributed by atoms with van der Waals surface area (Å²) >= 11 is 3.37. The van der Waals surface area contributed by atoms with E-state index in [2.05, 4.69) is 42.0 Å². The van der Waals surface area contributed by atoms with Crippen molar-refractivity contribution in [2.24, 2.45) is 11.7 Å². The largest absolute Gasteiger partial charge is 0.493 e. The van der Waals surface area contributed by atoms with Gasteiger partial charge >= 0.3 is 0 Å². The number of nitrogens with zero attached hydrogens (tertiary/aromatic N) is 1. The zero-order valence-corrected chi connectivity index (χ0v) is 24.1. The lowest BCUT2D eigenvalue weighted by Gasteiger charge is -2.18. The van der Waals surface area contributed by atoms with E-state index in [1.807, 2.05) is 24.3 Å². The van der Waals surface area contributed by atoms with E-state index in [0.29, 0.717) is 12.8 Å². The Labute approximate surface area is 232 Å². The minimum Gasteiger partial charge on any atom is -0.493 e. The molecule has 0 aliphatic heterocycles. The number of nitrogens with two attached hydrogens (primary N) is 1. The minimum atomic E-state index is -1.06. The third-order valence-electron chi connectivity index (χ3n) is 4.97. The molecule has 4 N–H and O–H groups in total. The lowest BCUT2D eigenvalue weighted by molar-refractivity contribution is -0.386. The van der Waals surface area contributed by atoms with Crippen LogP contribution in [-0.4, -0.2) is 41.6 Å². The van der Waals surface area contributed by atoms with Crippen LogP contribution in [0, 0.1) is 16.0 Å². The molecular weight excluding hydrogens is 558 g/mol. The van der Waals surface area contributed by atoms with E-state index < -0.39 is 23.0 Å². The van der Waals surface area contributed by atoms with E-state index in [4.69, 9.17) is 15.2 Å². The highest BCUT2D eigenvalue weighted by Crippen LogP contribution is 2.37. The first-order valence-corrected chi connectivity index (χ1v) is 13.1. The number of halogens is 1. The van der Waals surface area contributed by atoms with Gasteiger partial charge in [-0.3, -0.25) is 19.7 Å². The van der Waals surface area contributed by atoms with Crippen LogP contribution in [0.15, 0.2) is 40.9 Å². The minimum absolute atomic E-state index is 0.00873. The summed E-state index contributed by atoms with van der Waals surface area (Å²) in [5.41, 5.74) is 6.11. The van der Waals surface area contributed by atoms with Crippen molar-refractivity contribution < 1.29 is 29.1 Å². The Hall–Kier alpha value is -3.18. The number of nitro benzene ring substituents is 1. The van der Waals surface area contributed by atoms with Gasteiger partial charge in [-0.2, -0.15) is 0 Å². The summed E-state index contributed by atoms with van der Waals surface area (Å²) in [6.07, 6.45) is -0.157. The maximum Gasteiger partial charge on any atom is 0.279 e. The maximum atomic E-state index is 12.4. The fourth-order valence-electron chi connectivity index (χ4n) is 3.37. The summed E-state index contributed by atoms with van der Waals surface area (Å²) in [7, 11) is 1.39. The molecule has 11 heteroatoms. The number of aliphatic hydroxyl groups excluding tert-OH is 1. The van der Waals surface area contributed by atoms with Gasteiger partial charge in [-0.15, -0.1) is 0 Å². The zero-order chi connectivity index (χ0) is 28.8. The Bertz CT molecular complexity index is 1060. The first-order chi connectivity index (χ1) is 17.8. The lowest BCUT2D eigenvalue weighted by Crippen LogP contribution is -2.39. The van der Waals surface area contributed by atoms with Gasteiger partial charge in [0, 0.05) is 23.4 Å². The van der Waals surface area contributed by atoms with Crippen molar-refractivity contribution in [2.45, 2.75) is 65.5 Å². The Morgan fingerprint density at radius 2 is 1.74 bits per heavy atom. The average Bonchev–Trinajstić information content (AvgIpc) is 2.81. The molecule has 0 saturated carbocycles. The Morgan fingerprint density at radius 1 is 1.13 bits per heavy atom. The lowest BCUT2D eigenvalue weighted by atomic mass is 10.0. The third kappa shape index (κ3) is 12.4. The molecule has 0 bridgehead atoms. The van der Waals surface area contributed by atoms with Gasteiger partial charge in [0.1, 0.15) is 0 Å². The molecule has 2 aromatic rings. The smallest absolute Gasteiger partial charge is 0.279 e. The van der Waals surface area contributed by atoms with Crippen LogP contribution in [0.4, 0.5) is 5.69 Å². The summed E-state index contributed by atoms with van der Waals surface area (Å²) in [6, 6.07) is 9.66. The van der Waals surface area contributed by atoms with Crippen LogP contribution >= 0.6 is 15.9 Å². The summed E-state index contributed by atoms with van der Waals surface area (Å²) in [4.78, 5) is 34.6. The maximum absolute atomic E-state index is 12.4. The highest BCUT2D eigenvalue weighted by Gasteiger charge is 2.23. The Morgan fingerprint density at radius 3 is 2.24 bits per heavy atom. The monoisotopic (exact) mass is 595 g/mol. The first-order valence-electron chi connectivity index (χ1n) is 12.3. The second kappa shape index (κ2) is 16.6. The third-order valence-corrected chi connectivity index (χ3v) is 5.50. The first kappa shape index (κ1) is 32.8. The zero-order valence-electron chi connectivity index (χ0n) is 22.5. The van der Waals surface area contributed by atoms with Gasteiger partial charge in [-0.25, -0.2) is 0 Å². The summed E-state index contributed by atoms with van der Waals surface area (Å²) in [5, 5.41) is 24.0. The van der Waals surface area contributed by atoms with Gasteiger partial charge in [-0.1, -0.05) is 48.8 Å². The molecule has 2 rings (SSSR count). The van der Waals surface area contributed by atoms with Crippen molar-refractivity contribution >= 4 is 33.4 Å². The summed E-state index contributed by atoms with van der Waals surface area (Å²) in [5.74, 6) is 0.428. The second-order valence-corrected chi connectivity index (χ2v) is 10.4. The number of nitrogens with one attached hydrogen (secondary N) is 1. The Kier molecular flexibility index (Phi) is 14.4. The van der Waals surface area contributed by atoms with Gasteiger partial charge in [-0.05, 0) is 49.4 Å². The second-order valence-electron chi connectivity index (χ2n) is 9.44. The highest BCUT2D eigenvalue weighted by molar-refractivity contribution is 9.10. The number of methoxy groups -OCH3 is 1. The molecule has 10 nitrogen and oxygen atoms in total. The molecule has 2 aromatic carbocycles. The number of rotatable bonds is 13. The van der Waals surface area contributed by atoms with E-state index in [0.717, 1.165) is 16.0 Å². The van der Waals surface area contributed by atoms with Crippen molar-refractivity contribution in [1.29, 1.82) is 0 Å². The number of amides is 2. The number of nitro groups is 1. The Balaban J connectivity index is 0.00000168. The molecule has 210 valence electrons. The average molecular weight is 597 g/mol. The van der Waals surface area contributed by atoms with Crippen LogP contribution in [0.3, 0.4) is 0 Å². The molecule has 0 saturated heterocycles. The molecule has 0 aromatic heterocycles. The van der Waals surface area contributed by atoms with Crippen LogP contribution in [0.5, 0.6) is 11.5 Å². The van der Waals surface area contributed by atoms with Crippen molar-refractivity contribution in [3.05, 3.63) is 62.1 Å². The molecule has 2 unspecified atom stereocenters. The van der Waals surface area contributed by atoms with Crippen LogP contribution in [0.1, 0.15) is 64.2 Å². The van der Waals surface area contributed by atoms with E-state index in [9.17, 15) is 24.8 Å². The molecule has 38 heavy (non-hydrogen) atoms. The quantitative estimate of drug-likeness (QED) is 0.170. The van der Waals surface area contributed by atoms with Crippen molar-refractivity contribution in [1.82, 2.24) is 5.32 Å². The van der Waals surface area contributed by atoms with Crippen molar-refractivity contribution in [3.8, 4) is 11.5 Å². The van der Waals surface area contributed by atoms with Gasteiger partial charge in [0.15, 0.2) is 11.5 Å². The molecule has 2 atom stereocenters. The standard InChI is InChI=1S/C23H28BrN3O7.C4H10/c1-14(28)18-12-20(33-2)21(13-19(18)27(31)32)34-9-3-4-23(30)26-17(11-22(25)29)10-15-5-7-16(24)8-6-15;1-4(2)3/h5-8,12-14,17,28H,3-4,9-11H2,1-2H3,(H2,25,29)(H,26,30);4H,1-3H3. The molecule has 0 spiro atoms. The number of ether oxygens (including phenoxy) is 2. The van der Waals surface area contributed by atoms with E-state index >= 15 is 0 Å².